The van der Waals surface area contributed by atoms with E-state index in [-0.39, 0.29) is 24.8 Å². The highest BCUT2D eigenvalue weighted by atomic mass is 16.5. The molecule has 7 nitrogen and oxygen atoms in total. The number of hydrogen-bond donors (Lipinski definition) is 2. The first kappa shape index (κ1) is 29.0. The Hall–Kier alpha value is -3.58. The number of nitrogen functional groups attached to an aromatic ring is 2. The van der Waals surface area contributed by atoms with Crippen LogP contribution in [-0.4, -0.2) is 30.8 Å². The van der Waals surface area contributed by atoms with E-state index in [9.17, 15) is 9.59 Å². The third-order valence-corrected chi connectivity index (χ3v) is 6.65. The van der Waals surface area contributed by atoms with Crippen LogP contribution < -0.4 is 11.5 Å². The molecule has 204 valence electrons. The Morgan fingerprint density at radius 1 is 0.921 bits per heavy atom. The summed E-state index contributed by atoms with van der Waals surface area (Å²) in [6, 6.07) is 12.0. The zero-order valence-electron chi connectivity index (χ0n) is 22.1. The van der Waals surface area contributed by atoms with Gasteiger partial charge in [-0.15, -0.1) is 6.58 Å². The Kier molecular flexibility index (Phi) is 11.9. The van der Waals surface area contributed by atoms with Gasteiger partial charge in [-0.25, -0.2) is 9.59 Å². The molecule has 0 heterocycles. The molecular formula is C31H40N2O5. The lowest BCUT2D eigenvalue weighted by atomic mass is 9.95. The number of anilines is 2. The van der Waals surface area contributed by atoms with Crippen molar-refractivity contribution in [2.24, 2.45) is 0 Å². The molecule has 0 amide bonds. The number of hydrogen-bond acceptors (Lipinski definition) is 7. The standard InChI is InChI=1S/C31H40N2O5/c1-2-3-4-5-6-7-20-36-27-15-17-28(18-16-27)38-31(35)24-11-8-23(9-12-24)10-19-30(34)37-22-25-13-14-26(32)21-29(25)33/h2,8-14,19,21,27-28H,1,3-7,15-18,20,22,32-33H2. The van der Waals surface area contributed by atoms with Gasteiger partial charge in [0.05, 0.1) is 11.7 Å². The number of benzene rings is 2. The number of nitrogens with two attached hydrogens (primary N) is 2. The summed E-state index contributed by atoms with van der Waals surface area (Å²) in [4.78, 5) is 24.6. The van der Waals surface area contributed by atoms with Gasteiger partial charge in [-0.05, 0) is 80.9 Å². The lowest BCUT2D eigenvalue weighted by Gasteiger charge is -2.28. The summed E-state index contributed by atoms with van der Waals surface area (Å²) in [5.74, 6) is -0.822. The van der Waals surface area contributed by atoms with Crippen molar-refractivity contribution in [3.63, 3.8) is 0 Å². The van der Waals surface area contributed by atoms with E-state index in [1.807, 2.05) is 6.08 Å². The molecule has 7 heteroatoms. The van der Waals surface area contributed by atoms with Gasteiger partial charge in [0.1, 0.15) is 12.7 Å². The average molecular weight is 521 g/mol. The number of esters is 2. The molecule has 0 bridgehead atoms. The molecule has 1 fully saturated rings. The molecule has 1 saturated carbocycles. The van der Waals surface area contributed by atoms with E-state index in [1.165, 1.54) is 25.3 Å². The first-order chi connectivity index (χ1) is 18.4. The lowest BCUT2D eigenvalue weighted by molar-refractivity contribution is -0.138. The molecular weight excluding hydrogens is 480 g/mol. The molecule has 0 atom stereocenters. The minimum Gasteiger partial charge on any atom is -0.459 e. The SMILES string of the molecule is C=CCCCCCCOC1CCC(OC(=O)c2ccc(C=CC(=O)OCc3ccc(N)cc3N)cc2)CC1. The highest BCUT2D eigenvalue weighted by Crippen LogP contribution is 2.25. The minimum atomic E-state index is -0.493. The van der Waals surface area contributed by atoms with E-state index in [1.54, 1.807) is 48.5 Å². The Labute approximate surface area is 225 Å². The van der Waals surface area contributed by atoms with Crippen LogP contribution >= 0.6 is 0 Å². The minimum absolute atomic E-state index is 0.0600. The Morgan fingerprint density at radius 2 is 1.63 bits per heavy atom. The predicted octanol–water partition coefficient (Wildman–Crippen LogP) is 6.23. The fourth-order valence-electron chi connectivity index (χ4n) is 4.37. The molecule has 4 N–H and O–H groups in total. The fraction of sp³-hybridized carbons (Fsp3) is 0.419. The van der Waals surface area contributed by atoms with Gasteiger partial charge >= 0.3 is 11.9 Å². The molecule has 2 aromatic rings. The van der Waals surface area contributed by atoms with Crippen LogP contribution in [0.25, 0.3) is 6.08 Å². The van der Waals surface area contributed by atoms with Gasteiger partial charge in [0, 0.05) is 29.6 Å². The van der Waals surface area contributed by atoms with Crippen molar-refractivity contribution in [2.75, 3.05) is 18.1 Å². The summed E-state index contributed by atoms with van der Waals surface area (Å²) in [7, 11) is 0. The van der Waals surface area contributed by atoms with Crippen LogP contribution in [0.2, 0.25) is 0 Å². The topological polar surface area (TPSA) is 114 Å². The lowest BCUT2D eigenvalue weighted by Crippen LogP contribution is -2.28. The molecule has 2 aromatic carbocycles. The first-order valence-electron chi connectivity index (χ1n) is 13.5. The summed E-state index contributed by atoms with van der Waals surface area (Å²) in [5.41, 5.74) is 14.5. The number of unbranched alkanes of at least 4 members (excludes halogenated alkanes) is 4. The van der Waals surface area contributed by atoms with Crippen molar-refractivity contribution in [2.45, 2.75) is 76.6 Å². The second kappa shape index (κ2) is 15.6. The number of carbonyl (C=O) groups is 2. The second-order valence-electron chi connectivity index (χ2n) is 9.69. The van der Waals surface area contributed by atoms with E-state index < -0.39 is 5.97 Å². The molecule has 3 rings (SSSR count). The highest BCUT2D eigenvalue weighted by molar-refractivity contribution is 5.90. The van der Waals surface area contributed by atoms with E-state index in [0.29, 0.717) is 22.5 Å². The van der Waals surface area contributed by atoms with Gasteiger partial charge in [-0.2, -0.15) is 0 Å². The van der Waals surface area contributed by atoms with Crippen LogP contribution in [0.1, 0.15) is 79.3 Å². The molecule has 0 radical (unpaired) electrons. The van der Waals surface area contributed by atoms with Gasteiger partial charge in [0.25, 0.3) is 0 Å². The van der Waals surface area contributed by atoms with E-state index in [0.717, 1.165) is 50.7 Å². The van der Waals surface area contributed by atoms with Crippen molar-refractivity contribution >= 4 is 29.4 Å². The van der Waals surface area contributed by atoms with Gasteiger partial charge in [-0.1, -0.05) is 37.1 Å². The van der Waals surface area contributed by atoms with Crippen molar-refractivity contribution in [1.29, 1.82) is 0 Å². The third kappa shape index (κ3) is 10.1. The summed E-state index contributed by atoms with van der Waals surface area (Å²) in [5, 5.41) is 0. The maximum absolute atomic E-state index is 12.6. The molecule has 1 aliphatic rings. The fourth-order valence-corrected chi connectivity index (χ4v) is 4.37. The second-order valence-corrected chi connectivity index (χ2v) is 9.69. The summed E-state index contributed by atoms with van der Waals surface area (Å²) in [6.45, 7) is 4.62. The molecule has 38 heavy (non-hydrogen) atoms. The molecule has 0 spiro atoms. The normalized spacial score (nSPS) is 17.3. The Morgan fingerprint density at radius 3 is 2.34 bits per heavy atom. The average Bonchev–Trinajstić information content (AvgIpc) is 2.92. The molecule has 0 aliphatic heterocycles. The molecule has 0 unspecified atom stereocenters. The van der Waals surface area contributed by atoms with Crippen molar-refractivity contribution in [3.05, 3.63) is 77.9 Å². The summed E-state index contributed by atoms with van der Waals surface area (Å²) >= 11 is 0. The van der Waals surface area contributed by atoms with Crippen molar-refractivity contribution < 1.29 is 23.8 Å². The van der Waals surface area contributed by atoms with Gasteiger partial charge in [0.15, 0.2) is 0 Å². The van der Waals surface area contributed by atoms with E-state index in [4.69, 9.17) is 25.7 Å². The summed E-state index contributed by atoms with van der Waals surface area (Å²) < 4.78 is 17.0. The zero-order chi connectivity index (χ0) is 27.2. The van der Waals surface area contributed by atoms with Crippen LogP contribution in [0.4, 0.5) is 11.4 Å². The van der Waals surface area contributed by atoms with Crippen LogP contribution in [0.15, 0.2) is 61.2 Å². The Bertz CT molecular complexity index is 1070. The maximum Gasteiger partial charge on any atom is 0.338 e. The smallest absolute Gasteiger partial charge is 0.338 e. The molecule has 0 saturated heterocycles. The van der Waals surface area contributed by atoms with E-state index >= 15 is 0 Å². The van der Waals surface area contributed by atoms with Crippen LogP contribution in [0.5, 0.6) is 0 Å². The predicted molar refractivity (Wildman–Crippen MR) is 151 cm³/mol. The van der Waals surface area contributed by atoms with Gasteiger partial charge in [0.2, 0.25) is 0 Å². The monoisotopic (exact) mass is 520 g/mol. The quantitative estimate of drug-likeness (QED) is 0.0998. The number of allylic oxidation sites excluding steroid dienone is 1. The number of carbonyl (C=O) groups excluding carboxylic acids is 2. The van der Waals surface area contributed by atoms with Gasteiger partial charge in [-0.3, -0.25) is 0 Å². The Balaban J connectivity index is 1.34. The largest absolute Gasteiger partial charge is 0.459 e. The highest BCUT2D eigenvalue weighted by Gasteiger charge is 2.24. The molecule has 1 aliphatic carbocycles. The molecule has 0 aromatic heterocycles. The van der Waals surface area contributed by atoms with Gasteiger partial charge < -0.3 is 25.7 Å². The maximum atomic E-state index is 12.6. The number of rotatable bonds is 14. The summed E-state index contributed by atoms with van der Waals surface area (Å²) in [6.07, 6.45) is 14.4. The van der Waals surface area contributed by atoms with Crippen LogP contribution in [0, 0.1) is 0 Å². The first-order valence-corrected chi connectivity index (χ1v) is 13.5. The van der Waals surface area contributed by atoms with E-state index in [2.05, 4.69) is 6.58 Å². The zero-order valence-corrected chi connectivity index (χ0v) is 22.1. The van der Waals surface area contributed by atoms with Crippen molar-refractivity contribution in [1.82, 2.24) is 0 Å². The van der Waals surface area contributed by atoms with Crippen LogP contribution in [-0.2, 0) is 25.6 Å². The third-order valence-electron chi connectivity index (χ3n) is 6.65. The van der Waals surface area contributed by atoms with Crippen LogP contribution in [0.3, 0.4) is 0 Å². The number of ether oxygens (including phenoxy) is 3. The van der Waals surface area contributed by atoms with Crippen molar-refractivity contribution in [3.8, 4) is 0 Å².